The van der Waals surface area contributed by atoms with Gasteiger partial charge in [-0.2, -0.15) is 0 Å². The molecule has 1 N–H and O–H groups in total. The average Bonchev–Trinajstić information content (AvgIpc) is 3.17. The van der Waals surface area contributed by atoms with E-state index in [1.807, 2.05) is 0 Å². The van der Waals surface area contributed by atoms with Gasteiger partial charge in [0.25, 0.3) is 0 Å². The second-order valence-electron chi connectivity index (χ2n) is 7.38. The molecule has 0 aromatic rings. The second-order valence-corrected chi connectivity index (χ2v) is 7.38. The summed E-state index contributed by atoms with van der Waals surface area (Å²) < 4.78 is 0. The van der Waals surface area contributed by atoms with Gasteiger partial charge in [-0.05, 0) is 43.9 Å². The summed E-state index contributed by atoms with van der Waals surface area (Å²) in [5.41, 5.74) is 0.427. The Balaban J connectivity index is 1.55. The zero-order valence-corrected chi connectivity index (χ0v) is 12.3. The lowest BCUT2D eigenvalue weighted by Crippen LogP contribution is -2.60. The van der Waals surface area contributed by atoms with E-state index >= 15 is 0 Å². The highest BCUT2D eigenvalue weighted by molar-refractivity contribution is 5.02. The largest absolute Gasteiger partial charge is 0.309 e. The van der Waals surface area contributed by atoms with E-state index in [2.05, 4.69) is 24.1 Å². The Bertz CT molecular complexity index is 287. The standard InChI is InChI=1S/C16H30N2/c1-13-5-3-4-6-14(13)11-18-10-9-17-16(2,12-18)15-7-8-15/h13-15,17H,3-12H2,1-2H3. The molecule has 3 fully saturated rings. The van der Waals surface area contributed by atoms with Crippen molar-refractivity contribution >= 4 is 0 Å². The minimum atomic E-state index is 0.427. The van der Waals surface area contributed by atoms with Gasteiger partial charge in [0.2, 0.25) is 0 Å². The van der Waals surface area contributed by atoms with Crippen LogP contribution in [0.25, 0.3) is 0 Å². The smallest absolute Gasteiger partial charge is 0.0309 e. The first-order valence-corrected chi connectivity index (χ1v) is 8.15. The highest BCUT2D eigenvalue weighted by Gasteiger charge is 2.44. The lowest BCUT2D eigenvalue weighted by Gasteiger charge is -2.44. The molecule has 1 heterocycles. The van der Waals surface area contributed by atoms with Crippen LogP contribution in [-0.2, 0) is 0 Å². The lowest BCUT2D eigenvalue weighted by atomic mass is 9.79. The van der Waals surface area contributed by atoms with Crippen molar-refractivity contribution in [1.29, 1.82) is 0 Å². The van der Waals surface area contributed by atoms with E-state index in [1.165, 1.54) is 64.7 Å². The Morgan fingerprint density at radius 1 is 1.17 bits per heavy atom. The van der Waals surface area contributed by atoms with Crippen LogP contribution >= 0.6 is 0 Å². The zero-order chi connectivity index (χ0) is 12.6. The van der Waals surface area contributed by atoms with E-state index in [9.17, 15) is 0 Å². The summed E-state index contributed by atoms with van der Waals surface area (Å²) in [5.74, 6) is 2.89. The highest BCUT2D eigenvalue weighted by Crippen LogP contribution is 2.41. The van der Waals surface area contributed by atoms with Crippen molar-refractivity contribution in [3.63, 3.8) is 0 Å². The number of piperazine rings is 1. The van der Waals surface area contributed by atoms with Gasteiger partial charge in [-0.3, -0.25) is 4.90 Å². The number of nitrogens with zero attached hydrogens (tertiary/aromatic N) is 1. The number of rotatable bonds is 3. The number of nitrogens with one attached hydrogen (secondary N) is 1. The predicted molar refractivity (Wildman–Crippen MR) is 76.7 cm³/mol. The fourth-order valence-electron chi connectivity index (χ4n) is 4.24. The predicted octanol–water partition coefficient (Wildman–Crippen LogP) is 2.89. The first-order chi connectivity index (χ1) is 8.67. The van der Waals surface area contributed by atoms with Gasteiger partial charge in [0.05, 0.1) is 0 Å². The van der Waals surface area contributed by atoms with Crippen LogP contribution in [0.2, 0.25) is 0 Å². The third-order valence-corrected chi connectivity index (χ3v) is 5.77. The molecule has 2 aliphatic carbocycles. The van der Waals surface area contributed by atoms with E-state index in [0.29, 0.717) is 5.54 Å². The summed E-state index contributed by atoms with van der Waals surface area (Å²) in [4.78, 5) is 2.77. The molecule has 0 amide bonds. The molecule has 0 bridgehead atoms. The molecular weight excluding hydrogens is 220 g/mol. The summed E-state index contributed by atoms with van der Waals surface area (Å²) in [6.45, 7) is 10.1. The van der Waals surface area contributed by atoms with Crippen LogP contribution in [0.15, 0.2) is 0 Å². The van der Waals surface area contributed by atoms with Crippen molar-refractivity contribution in [3.8, 4) is 0 Å². The molecule has 0 aromatic heterocycles. The van der Waals surface area contributed by atoms with E-state index in [-0.39, 0.29) is 0 Å². The highest BCUT2D eigenvalue weighted by atomic mass is 15.2. The Hall–Kier alpha value is -0.0800. The van der Waals surface area contributed by atoms with Crippen molar-refractivity contribution in [3.05, 3.63) is 0 Å². The van der Waals surface area contributed by atoms with Crippen LogP contribution in [-0.4, -0.2) is 36.6 Å². The van der Waals surface area contributed by atoms with Gasteiger partial charge in [0, 0.05) is 31.7 Å². The molecule has 2 saturated carbocycles. The van der Waals surface area contributed by atoms with E-state index < -0.39 is 0 Å². The quantitative estimate of drug-likeness (QED) is 0.828. The number of hydrogen-bond acceptors (Lipinski definition) is 2. The zero-order valence-electron chi connectivity index (χ0n) is 12.3. The summed E-state index contributed by atoms with van der Waals surface area (Å²) in [7, 11) is 0. The molecular formula is C16H30N2. The third kappa shape index (κ3) is 2.75. The van der Waals surface area contributed by atoms with Crippen molar-refractivity contribution < 1.29 is 0 Å². The Kier molecular flexibility index (Phi) is 3.68. The first-order valence-electron chi connectivity index (χ1n) is 8.15. The topological polar surface area (TPSA) is 15.3 Å². The summed E-state index contributed by atoms with van der Waals surface area (Å²) >= 11 is 0. The van der Waals surface area contributed by atoms with Crippen molar-refractivity contribution in [2.45, 2.75) is 57.9 Å². The van der Waals surface area contributed by atoms with Crippen LogP contribution in [0.3, 0.4) is 0 Å². The molecule has 104 valence electrons. The molecule has 0 spiro atoms. The van der Waals surface area contributed by atoms with Gasteiger partial charge in [0.1, 0.15) is 0 Å². The summed E-state index contributed by atoms with van der Waals surface area (Å²) in [6, 6.07) is 0. The van der Waals surface area contributed by atoms with Gasteiger partial charge in [-0.1, -0.05) is 26.2 Å². The van der Waals surface area contributed by atoms with E-state index in [1.54, 1.807) is 0 Å². The Labute approximate surface area is 113 Å². The molecule has 1 aliphatic heterocycles. The fourth-order valence-corrected chi connectivity index (χ4v) is 4.24. The number of hydrogen-bond donors (Lipinski definition) is 1. The molecule has 0 aromatic carbocycles. The molecule has 18 heavy (non-hydrogen) atoms. The van der Waals surface area contributed by atoms with Crippen LogP contribution in [0.4, 0.5) is 0 Å². The van der Waals surface area contributed by atoms with Crippen molar-refractivity contribution in [1.82, 2.24) is 10.2 Å². The molecule has 3 atom stereocenters. The van der Waals surface area contributed by atoms with Crippen LogP contribution < -0.4 is 5.32 Å². The Morgan fingerprint density at radius 3 is 2.67 bits per heavy atom. The fraction of sp³-hybridized carbons (Fsp3) is 1.00. The minimum absolute atomic E-state index is 0.427. The van der Waals surface area contributed by atoms with Crippen LogP contribution in [0.5, 0.6) is 0 Å². The minimum Gasteiger partial charge on any atom is -0.309 e. The van der Waals surface area contributed by atoms with Gasteiger partial charge in [-0.25, -0.2) is 0 Å². The molecule has 2 nitrogen and oxygen atoms in total. The lowest BCUT2D eigenvalue weighted by molar-refractivity contribution is 0.0886. The average molecular weight is 250 g/mol. The second kappa shape index (κ2) is 5.13. The first kappa shape index (κ1) is 12.9. The molecule has 3 aliphatic rings. The van der Waals surface area contributed by atoms with E-state index in [0.717, 1.165) is 17.8 Å². The summed E-state index contributed by atoms with van der Waals surface area (Å²) in [5, 5.41) is 3.79. The van der Waals surface area contributed by atoms with Crippen LogP contribution in [0.1, 0.15) is 52.4 Å². The normalized spacial score (nSPS) is 43.0. The van der Waals surface area contributed by atoms with E-state index in [4.69, 9.17) is 0 Å². The summed E-state index contributed by atoms with van der Waals surface area (Å²) in [6.07, 6.45) is 8.80. The maximum Gasteiger partial charge on any atom is 0.0309 e. The molecule has 0 radical (unpaired) electrons. The SMILES string of the molecule is CC1CCCCC1CN1CCNC(C)(C2CC2)C1. The molecule has 3 rings (SSSR count). The molecule has 3 unspecified atom stereocenters. The Morgan fingerprint density at radius 2 is 1.94 bits per heavy atom. The molecule has 1 saturated heterocycles. The van der Waals surface area contributed by atoms with Gasteiger partial charge < -0.3 is 5.32 Å². The van der Waals surface area contributed by atoms with Crippen LogP contribution in [0, 0.1) is 17.8 Å². The maximum absolute atomic E-state index is 3.79. The molecule has 2 heteroatoms. The van der Waals surface area contributed by atoms with Gasteiger partial charge in [0.15, 0.2) is 0 Å². The van der Waals surface area contributed by atoms with Gasteiger partial charge >= 0.3 is 0 Å². The van der Waals surface area contributed by atoms with Gasteiger partial charge in [-0.15, -0.1) is 0 Å². The third-order valence-electron chi connectivity index (χ3n) is 5.77. The maximum atomic E-state index is 3.79. The van der Waals surface area contributed by atoms with Crippen molar-refractivity contribution in [2.75, 3.05) is 26.2 Å². The monoisotopic (exact) mass is 250 g/mol. The van der Waals surface area contributed by atoms with Crippen molar-refractivity contribution in [2.24, 2.45) is 17.8 Å².